The largest absolute Gasteiger partial charge is 0.355 e. The first kappa shape index (κ1) is 20.2. The minimum atomic E-state index is -0.118. The van der Waals surface area contributed by atoms with Crippen LogP contribution >= 0.6 is 12.4 Å². The highest BCUT2D eigenvalue weighted by molar-refractivity contribution is 5.88. The molecule has 1 saturated carbocycles. The number of nitrogens with zero attached hydrogens (tertiary/aromatic N) is 1. The van der Waals surface area contributed by atoms with Crippen molar-refractivity contribution < 1.29 is 9.59 Å². The summed E-state index contributed by atoms with van der Waals surface area (Å²) in [5.74, 6) is 0.0977. The summed E-state index contributed by atoms with van der Waals surface area (Å²) in [6.07, 6.45) is 7.20. The fourth-order valence-electron chi connectivity index (χ4n) is 3.62. The van der Waals surface area contributed by atoms with Gasteiger partial charge in [0.05, 0.1) is 0 Å². The first-order chi connectivity index (χ1) is 10.7. The molecule has 1 aliphatic carbocycles. The second-order valence-electron chi connectivity index (χ2n) is 6.57. The molecule has 2 N–H and O–H groups in total. The maximum atomic E-state index is 12.7. The predicted octanol–water partition coefficient (Wildman–Crippen LogP) is 1.95. The molecule has 2 aliphatic rings. The van der Waals surface area contributed by atoms with Gasteiger partial charge in [-0.05, 0) is 38.6 Å². The summed E-state index contributed by atoms with van der Waals surface area (Å²) in [6, 6.07) is 0. The van der Waals surface area contributed by atoms with Gasteiger partial charge in [0.15, 0.2) is 0 Å². The van der Waals surface area contributed by atoms with Crippen molar-refractivity contribution in [1.29, 1.82) is 0 Å². The molecule has 2 amide bonds. The third-order valence-electron chi connectivity index (χ3n) is 4.87. The maximum Gasteiger partial charge on any atom is 0.226 e. The Kier molecular flexibility index (Phi) is 9.56. The lowest BCUT2D eigenvalue weighted by Crippen LogP contribution is -2.45. The molecule has 0 radical (unpaired) electrons. The molecule has 134 valence electrons. The lowest BCUT2D eigenvalue weighted by Gasteiger charge is -2.32. The minimum absolute atomic E-state index is 0. The molecule has 0 aromatic carbocycles. The predicted molar refractivity (Wildman–Crippen MR) is 94.7 cm³/mol. The summed E-state index contributed by atoms with van der Waals surface area (Å²) in [7, 11) is 0. The Morgan fingerprint density at radius 2 is 1.61 bits per heavy atom. The molecule has 1 aliphatic heterocycles. The number of hydrogen-bond donors (Lipinski definition) is 2. The average molecular weight is 346 g/mol. The second kappa shape index (κ2) is 10.9. The average Bonchev–Trinajstić information content (AvgIpc) is 3.08. The fraction of sp³-hybridized carbons (Fsp3) is 0.882. The quantitative estimate of drug-likeness (QED) is 0.693. The van der Waals surface area contributed by atoms with Crippen LogP contribution in [0.5, 0.6) is 0 Å². The summed E-state index contributed by atoms with van der Waals surface area (Å²) < 4.78 is 0. The molecule has 23 heavy (non-hydrogen) atoms. The van der Waals surface area contributed by atoms with Crippen molar-refractivity contribution in [3.05, 3.63) is 0 Å². The van der Waals surface area contributed by atoms with Crippen LogP contribution in [0.2, 0.25) is 0 Å². The summed E-state index contributed by atoms with van der Waals surface area (Å²) in [4.78, 5) is 27.1. The van der Waals surface area contributed by atoms with E-state index in [0.717, 1.165) is 71.1 Å². The molecule has 5 nitrogen and oxygen atoms in total. The number of hydrogen-bond acceptors (Lipinski definition) is 3. The van der Waals surface area contributed by atoms with Crippen LogP contribution < -0.4 is 10.6 Å². The number of halogens is 1. The van der Waals surface area contributed by atoms with E-state index in [0.29, 0.717) is 6.54 Å². The van der Waals surface area contributed by atoms with E-state index in [1.54, 1.807) is 0 Å². The molecule has 1 heterocycles. The van der Waals surface area contributed by atoms with Gasteiger partial charge in [0.1, 0.15) is 0 Å². The first-order valence-corrected chi connectivity index (χ1v) is 9.01. The zero-order valence-electron chi connectivity index (χ0n) is 14.3. The minimum Gasteiger partial charge on any atom is -0.355 e. The van der Waals surface area contributed by atoms with E-state index < -0.39 is 0 Å². The smallest absolute Gasteiger partial charge is 0.226 e. The Bertz CT molecular complexity index is 373. The van der Waals surface area contributed by atoms with Crippen molar-refractivity contribution in [1.82, 2.24) is 15.5 Å². The Morgan fingerprint density at radius 1 is 0.957 bits per heavy atom. The monoisotopic (exact) mass is 345 g/mol. The van der Waals surface area contributed by atoms with Gasteiger partial charge < -0.3 is 15.5 Å². The normalized spacial score (nSPS) is 24.1. The number of carbonyl (C=O) groups excluding carboxylic acids is 2. The third-order valence-corrected chi connectivity index (χ3v) is 4.87. The molecule has 2 fully saturated rings. The molecular formula is C17H32ClN3O2. The van der Waals surface area contributed by atoms with E-state index in [1.165, 1.54) is 0 Å². The van der Waals surface area contributed by atoms with Crippen molar-refractivity contribution in [2.24, 2.45) is 11.8 Å². The van der Waals surface area contributed by atoms with E-state index in [9.17, 15) is 9.59 Å². The van der Waals surface area contributed by atoms with Crippen LogP contribution in [-0.2, 0) is 9.59 Å². The fourth-order valence-corrected chi connectivity index (χ4v) is 3.62. The van der Waals surface area contributed by atoms with Gasteiger partial charge in [-0.3, -0.25) is 9.59 Å². The van der Waals surface area contributed by atoms with Gasteiger partial charge in [-0.1, -0.05) is 19.8 Å². The number of nitrogens with one attached hydrogen (secondary N) is 2. The van der Waals surface area contributed by atoms with Gasteiger partial charge in [0.25, 0.3) is 0 Å². The molecule has 0 aromatic rings. The van der Waals surface area contributed by atoms with Crippen molar-refractivity contribution >= 4 is 24.2 Å². The van der Waals surface area contributed by atoms with Gasteiger partial charge in [0.2, 0.25) is 11.8 Å². The highest BCUT2D eigenvalue weighted by Gasteiger charge is 2.38. The number of likely N-dealkylation sites (tertiary alicyclic amines) is 1. The van der Waals surface area contributed by atoms with Crippen LogP contribution in [-0.4, -0.2) is 49.4 Å². The number of amides is 2. The van der Waals surface area contributed by atoms with E-state index in [2.05, 4.69) is 17.6 Å². The maximum absolute atomic E-state index is 12.7. The third kappa shape index (κ3) is 5.96. The van der Waals surface area contributed by atoms with Crippen LogP contribution in [0.15, 0.2) is 0 Å². The van der Waals surface area contributed by atoms with Crippen LogP contribution in [0.1, 0.15) is 51.9 Å². The zero-order valence-corrected chi connectivity index (χ0v) is 15.1. The van der Waals surface area contributed by atoms with Crippen LogP contribution in [0.4, 0.5) is 0 Å². The molecule has 0 bridgehead atoms. The standard InChI is InChI=1S/C17H31N3O2.ClH/c1-2-9-18-10-11-19-16(21)14-7-3-4-8-15(14)17(22)20-12-5-6-13-20;/h14-15,18H,2-13H2,1H3,(H,19,21);1H. The van der Waals surface area contributed by atoms with Crippen molar-refractivity contribution in [2.75, 3.05) is 32.7 Å². The van der Waals surface area contributed by atoms with Crippen LogP contribution in [0.3, 0.4) is 0 Å². The first-order valence-electron chi connectivity index (χ1n) is 9.01. The lowest BCUT2D eigenvalue weighted by molar-refractivity contribution is -0.142. The van der Waals surface area contributed by atoms with E-state index in [1.807, 2.05) is 4.90 Å². The molecule has 2 rings (SSSR count). The number of rotatable bonds is 7. The Balaban J connectivity index is 0.00000264. The molecule has 2 atom stereocenters. The number of carbonyl (C=O) groups is 2. The van der Waals surface area contributed by atoms with E-state index >= 15 is 0 Å². The summed E-state index contributed by atoms with van der Waals surface area (Å²) in [5, 5.41) is 6.30. The Labute approximate surface area is 146 Å². The summed E-state index contributed by atoms with van der Waals surface area (Å²) in [5.41, 5.74) is 0. The van der Waals surface area contributed by atoms with Crippen LogP contribution in [0.25, 0.3) is 0 Å². The van der Waals surface area contributed by atoms with Gasteiger partial charge >= 0.3 is 0 Å². The van der Waals surface area contributed by atoms with Gasteiger partial charge in [-0.2, -0.15) is 0 Å². The Morgan fingerprint density at radius 3 is 2.26 bits per heavy atom. The summed E-state index contributed by atoms with van der Waals surface area (Å²) in [6.45, 7) is 6.32. The lowest BCUT2D eigenvalue weighted by atomic mass is 9.78. The Hall–Kier alpha value is -0.810. The van der Waals surface area contributed by atoms with Crippen molar-refractivity contribution in [2.45, 2.75) is 51.9 Å². The molecule has 0 spiro atoms. The van der Waals surface area contributed by atoms with Gasteiger partial charge in [-0.15, -0.1) is 12.4 Å². The van der Waals surface area contributed by atoms with Crippen molar-refractivity contribution in [3.8, 4) is 0 Å². The second-order valence-corrected chi connectivity index (χ2v) is 6.57. The van der Waals surface area contributed by atoms with Gasteiger partial charge in [0, 0.05) is 38.0 Å². The molecule has 1 saturated heterocycles. The van der Waals surface area contributed by atoms with Crippen LogP contribution in [0, 0.1) is 11.8 Å². The SMILES string of the molecule is CCCNCCNC(=O)C1CCCCC1C(=O)N1CCCC1.Cl. The van der Waals surface area contributed by atoms with Gasteiger partial charge in [-0.25, -0.2) is 0 Å². The molecule has 6 heteroatoms. The topological polar surface area (TPSA) is 61.4 Å². The molecular weight excluding hydrogens is 314 g/mol. The summed E-state index contributed by atoms with van der Waals surface area (Å²) >= 11 is 0. The van der Waals surface area contributed by atoms with E-state index in [4.69, 9.17) is 0 Å². The zero-order chi connectivity index (χ0) is 15.8. The molecule has 2 unspecified atom stereocenters. The van der Waals surface area contributed by atoms with Crippen molar-refractivity contribution in [3.63, 3.8) is 0 Å². The molecule has 0 aromatic heterocycles. The highest BCUT2D eigenvalue weighted by atomic mass is 35.5. The highest BCUT2D eigenvalue weighted by Crippen LogP contribution is 2.32. The van der Waals surface area contributed by atoms with E-state index in [-0.39, 0.29) is 36.1 Å².